The van der Waals surface area contributed by atoms with Crippen molar-refractivity contribution in [3.05, 3.63) is 35.9 Å². The highest BCUT2D eigenvalue weighted by molar-refractivity contribution is 5.92. The van der Waals surface area contributed by atoms with Gasteiger partial charge in [-0.15, -0.1) is 0 Å². The van der Waals surface area contributed by atoms with Gasteiger partial charge in [-0.3, -0.25) is 9.59 Å². The van der Waals surface area contributed by atoms with E-state index in [4.69, 9.17) is 10.5 Å². The zero-order valence-electron chi connectivity index (χ0n) is 16.5. The molecule has 0 fully saturated rings. The van der Waals surface area contributed by atoms with Crippen LogP contribution in [0, 0.1) is 5.92 Å². The third-order valence-corrected chi connectivity index (χ3v) is 4.20. The molecule has 150 valence electrons. The molecule has 0 aliphatic carbocycles. The summed E-state index contributed by atoms with van der Waals surface area (Å²) in [6, 6.07) is 7.06. The van der Waals surface area contributed by atoms with Crippen LogP contribution >= 0.6 is 0 Å². The number of ether oxygens (including phenoxy) is 1. The van der Waals surface area contributed by atoms with E-state index in [1.165, 1.54) is 7.11 Å². The molecule has 0 aliphatic heterocycles. The summed E-state index contributed by atoms with van der Waals surface area (Å²) in [6.07, 6.45) is 1.21. The standard InChI is InChI=1S/C20H31N3O4/c1-5-15(21)18(24)22-16(11-13(2)3)19(25)23-17(20(26)27-4)12-14-9-7-6-8-10-14/h6-10,13,15-17H,5,11-12,21H2,1-4H3,(H,22,24)(H,23,25)/t15-,16+,17-/m0/s1. The van der Waals surface area contributed by atoms with E-state index in [9.17, 15) is 14.4 Å². The molecule has 4 N–H and O–H groups in total. The van der Waals surface area contributed by atoms with Gasteiger partial charge in [-0.2, -0.15) is 0 Å². The lowest BCUT2D eigenvalue weighted by atomic mass is 10.0. The molecular formula is C20H31N3O4. The van der Waals surface area contributed by atoms with Crippen molar-refractivity contribution in [3.63, 3.8) is 0 Å². The Kier molecular flexibility index (Phi) is 9.50. The predicted octanol–water partition coefficient (Wildman–Crippen LogP) is 1.16. The molecule has 0 unspecified atom stereocenters. The van der Waals surface area contributed by atoms with Crippen molar-refractivity contribution in [1.29, 1.82) is 0 Å². The molecule has 7 heteroatoms. The number of hydrogen-bond acceptors (Lipinski definition) is 5. The first kappa shape index (κ1) is 22.6. The summed E-state index contributed by atoms with van der Waals surface area (Å²) in [5.74, 6) is -1.17. The maximum absolute atomic E-state index is 12.8. The smallest absolute Gasteiger partial charge is 0.328 e. The van der Waals surface area contributed by atoms with Crippen LogP contribution in [-0.2, 0) is 25.5 Å². The Labute approximate surface area is 161 Å². The Morgan fingerprint density at radius 2 is 1.63 bits per heavy atom. The topological polar surface area (TPSA) is 111 Å². The number of rotatable bonds is 10. The van der Waals surface area contributed by atoms with Gasteiger partial charge in [0.15, 0.2) is 0 Å². The minimum Gasteiger partial charge on any atom is -0.467 e. The van der Waals surface area contributed by atoms with E-state index < -0.39 is 30.0 Å². The molecule has 0 spiro atoms. The van der Waals surface area contributed by atoms with Crippen LogP contribution in [0.4, 0.5) is 0 Å². The summed E-state index contributed by atoms with van der Waals surface area (Å²) < 4.78 is 4.82. The van der Waals surface area contributed by atoms with Crippen LogP contribution in [-0.4, -0.2) is 43.0 Å². The fraction of sp³-hybridized carbons (Fsp3) is 0.550. The second-order valence-electron chi connectivity index (χ2n) is 6.98. The highest BCUT2D eigenvalue weighted by atomic mass is 16.5. The van der Waals surface area contributed by atoms with E-state index in [2.05, 4.69) is 10.6 Å². The third kappa shape index (κ3) is 7.78. The first-order valence-corrected chi connectivity index (χ1v) is 9.26. The molecule has 0 aliphatic rings. The first-order valence-electron chi connectivity index (χ1n) is 9.26. The van der Waals surface area contributed by atoms with Gasteiger partial charge in [0, 0.05) is 6.42 Å². The summed E-state index contributed by atoms with van der Waals surface area (Å²) in [6.45, 7) is 5.71. The number of nitrogens with two attached hydrogens (primary N) is 1. The van der Waals surface area contributed by atoms with E-state index in [-0.39, 0.29) is 11.8 Å². The van der Waals surface area contributed by atoms with E-state index in [1.54, 1.807) is 6.92 Å². The molecule has 0 bridgehead atoms. The highest BCUT2D eigenvalue weighted by Crippen LogP contribution is 2.09. The van der Waals surface area contributed by atoms with E-state index in [0.717, 1.165) is 5.56 Å². The summed E-state index contributed by atoms with van der Waals surface area (Å²) in [5, 5.41) is 5.41. The van der Waals surface area contributed by atoms with Crippen LogP contribution in [0.15, 0.2) is 30.3 Å². The molecule has 0 aromatic heterocycles. The molecular weight excluding hydrogens is 346 g/mol. The highest BCUT2D eigenvalue weighted by Gasteiger charge is 2.28. The van der Waals surface area contributed by atoms with Crippen molar-refractivity contribution < 1.29 is 19.1 Å². The third-order valence-electron chi connectivity index (χ3n) is 4.20. The van der Waals surface area contributed by atoms with Gasteiger partial charge in [-0.1, -0.05) is 51.1 Å². The zero-order valence-corrected chi connectivity index (χ0v) is 16.5. The van der Waals surface area contributed by atoms with Crippen molar-refractivity contribution in [2.45, 2.75) is 58.2 Å². The minimum atomic E-state index is -0.837. The average molecular weight is 377 g/mol. The molecule has 0 heterocycles. The van der Waals surface area contributed by atoms with Gasteiger partial charge in [0.05, 0.1) is 13.2 Å². The molecule has 0 saturated carbocycles. The number of amides is 2. The van der Waals surface area contributed by atoms with Crippen LogP contribution in [0.25, 0.3) is 0 Å². The number of carbonyl (C=O) groups excluding carboxylic acids is 3. The van der Waals surface area contributed by atoms with Crippen molar-refractivity contribution in [3.8, 4) is 0 Å². The summed E-state index contributed by atoms with van der Waals surface area (Å²) >= 11 is 0. The molecule has 0 saturated heterocycles. The lowest BCUT2D eigenvalue weighted by molar-refractivity contribution is -0.145. The molecule has 1 rings (SSSR count). The Bertz CT molecular complexity index is 619. The van der Waals surface area contributed by atoms with Gasteiger partial charge in [-0.25, -0.2) is 4.79 Å². The predicted molar refractivity (Wildman–Crippen MR) is 104 cm³/mol. The largest absolute Gasteiger partial charge is 0.467 e. The number of esters is 1. The van der Waals surface area contributed by atoms with Crippen LogP contribution in [0.1, 0.15) is 39.2 Å². The van der Waals surface area contributed by atoms with Gasteiger partial charge in [0.25, 0.3) is 0 Å². The zero-order chi connectivity index (χ0) is 20.4. The van der Waals surface area contributed by atoms with Crippen LogP contribution in [0.5, 0.6) is 0 Å². The Morgan fingerprint density at radius 3 is 2.15 bits per heavy atom. The molecule has 0 radical (unpaired) electrons. The molecule has 27 heavy (non-hydrogen) atoms. The molecule has 1 aromatic carbocycles. The van der Waals surface area contributed by atoms with Crippen LogP contribution in [0.3, 0.4) is 0 Å². The van der Waals surface area contributed by atoms with E-state index in [1.807, 2.05) is 44.2 Å². The Hall–Kier alpha value is -2.41. The molecule has 7 nitrogen and oxygen atoms in total. The second kappa shape index (κ2) is 11.3. The number of carbonyl (C=O) groups is 3. The fourth-order valence-electron chi connectivity index (χ4n) is 2.62. The molecule has 2 amide bonds. The van der Waals surface area contributed by atoms with Crippen LogP contribution in [0.2, 0.25) is 0 Å². The fourth-order valence-corrected chi connectivity index (χ4v) is 2.62. The minimum absolute atomic E-state index is 0.171. The van der Waals surface area contributed by atoms with E-state index in [0.29, 0.717) is 19.3 Å². The Morgan fingerprint density at radius 1 is 1.04 bits per heavy atom. The monoisotopic (exact) mass is 377 g/mol. The quantitative estimate of drug-likeness (QED) is 0.530. The lowest BCUT2D eigenvalue weighted by Crippen LogP contribution is -2.55. The van der Waals surface area contributed by atoms with Gasteiger partial charge < -0.3 is 21.1 Å². The van der Waals surface area contributed by atoms with Crippen molar-refractivity contribution in [2.24, 2.45) is 11.7 Å². The van der Waals surface area contributed by atoms with Gasteiger partial charge >= 0.3 is 5.97 Å². The Balaban J connectivity index is 2.89. The lowest BCUT2D eigenvalue weighted by Gasteiger charge is -2.24. The maximum Gasteiger partial charge on any atom is 0.328 e. The number of benzene rings is 1. The first-order chi connectivity index (χ1) is 12.8. The van der Waals surface area contributed by atoms with Gasteiger partial charge in [0.1, 0.15) is 12.1 Å². The van der Waals surface area contributed by atoms with E-state index >= 15 is 0 Å². The summed E-state index contributed by atoms with van der Waals surface area (Å²) in [7, 11) is 1.28. The SMILES string of the molecule is CC[C@H](N)C(=O)N[C@H](CC(C)C)C(=O)N[C@@H](Cc1ccccc1)C(=O)OC. The summed E-state index contributed by atoms with van der Waals surface area (Å²) in [4.78, 5) is 37.0. The normalized spacial score (nSPS) is 14.1. The maximum atomic E-state index is 12.8. The number of hydrogen-bond donors (Lipinski definition) is 3. The average Bonchev–Trinajstić information content (AvgIpc) is 2.65. The van der Waals surface area contributed by atoms with Gasteiger partial charge in [0.2, 0.25) is 11.8 Å². The second-order valence-corrected chi connectivity index (χ2v) is 6.98. The van der Waals surface area contributed by atoms with Crippen molar-refractivity contribution >= 4 is 17.8 Å². The van der Waals surface area contributed by atoms with Crippen molar-refractivity contribution in [2.75, 3.05) is 7.11 Å². The van der Waals surface area contributed by atoms with Gasteiger partial charge in [-0.05, 0) is 24.3 Å². The summed E-state index contributed by atoms with van der Waals surface area (Å²) in [5.41, 5.74) is 6.65. The number of methoxy groups -OCH3 is 1. The van der Waals surface area contributed by atoms with Crippen LogP contribution < -0.4 is 16.4 Å². The molecule has 3 atom stereocenters. The van der Waals surface area contributed by atoms with Crippen molar-refractivity contribution in [1.82, 2.24) is 10.6 Å². The number of nitrogens with one attached hydrogen (secondary N) is 2. The molecule has 1 aromatic rings.